The summed E-state index contributed by atoms with van der Waals surface area (Å²) in [5.74, 6) is 0.474. The second-order valence-corrected chi connectivity index (χ2v) is 4.79. The quantitative estimate of drug-likeness (QED) is 0.574. The predicted molar refractivity (Wildman–Crippen MR) is 61.8 cm³/mol. The molecule has 0 aliphatic heterocycles. The van der Waals surface area contributed by atoms with Crippen LogP contribution >= 0.6 is 34.5 Å². The van der Waals surface area contributed by atoms with Gasteiger partial charge in [-0.05, 0) is 11.6 Å². The average Bonchev–Trinajstić information content (AvgIpc) is 2.51. The molecular formula is C10H6Cl2OS. The summed E-state index contributed by atoms with van der Waals surface area (Å²) in [5.41, 5.74) is 1.61. The molecule has 2 aromatic rings. The van der Waals surface area contributed by atoms with Crippen molar-refractivity contribution in [2.45, 2.75) is 5.88 Å². The molecule has 0 atom stereocenters. The molecule has 0 spiro atoms. The van der Waals surface area contributed by atoms with Crippen molar-refractivity contribution < 1.29 is 4.79 Å². The highest BCUT2D eigenvalue weighted by molar-refractivity contribution is 7.23. The minimum atomic E-state index is 0.474. The third kappa shape index (κ3) is 1.54. The molecule has 0 radical (unpaired) electrons. The van der Waals surface area contributed by atoms with E-state index in [1.54, 1.807) is 0 Å². The summed E-state index contributed by atoms with van der Waals surface area (Å²) in [6, 6.07) is 5.76. The summed E-state index contributed by atoms with van der Waals surface area (Å²) in [6.07, 6.45) is 0.793. The van der Waals surface area contributed by atoms with E-state index in [2.05, 4.69) is 0 Å². The normalized spacial score (nSPS) is 10.7. The van der Waals surface area contributed by atoms with Crippen LogP contribution in [0.25, 0.3) is 10.1 Å². The number of hydrogen-bond acceptors (Lipinski definition) is 2. The molecule has 0 aliphatic rings. The van der Waals surface area contributed by atoms with E-state index in [1.807, 2.05) is 18.2 Å². The summed E-state index contributed by atoms with van der Waals surface area (Å²) in [5, 5.41) is 0.906. The van der Waals surface area contributed by atoms with E-state index < -0.39 is 0 Å². The van der Waals surface area contributed by atoms with Crippen molar-refractivity contribution in [2.24, 2.45) is 0 Å². The summed E-state index contributed by atoms with van der Waals surface area (Å²) in [7, 11) is 0. The summed E-state index contributed by atoms with van der Waals surface area (Å²) >= 11 is 13.0. The van der Waals surface area contributed by atoms with Gasteiger partial charge in [-0.2, -0.15) is 0 Å². The van der Waals surface area contributed by atoms with Gasteiger partial charge in [-0.1, -0.05) is 23.7 Å². The van der Waals surface area contributed by atoms with Gasteiger partial charge in [-0.25, -0.2) is 0 Å². The maximum Gasteiger partial charge on any atom is 0.153 e. The molecule has 1 heterocycles. The highest BCUT2D eigenvalue weighted by Crippen LogP contribution is 2.34. The van der Waals surface area contributed by atoms with Gasteiger partial charge in [0.15, 0.2) is 6.29 Å². The number of benzene rings is 1. The number of carbonyl (C=O) groups excluding carboxylic acids is 1. The van der Waals surface area contributed by atoms with E-state index in [0.29, 0.717) is 15.8 Å². The Morgan fingerprint density at radius 2 is 2.21 bits per heavy atom. The Bertz CT molecular complexity index is 490. The van der Waals surface area contributed by atoms with E-state index >= 15 is 0 Å². The Morgan fingerprint density at radius 1 is 1.43 bits per heavy atom. The van der Waals surface area contributed by atoms with Crippen LogP contribution < -0.4 is 0 Å². The Hall–Kier alpha value is -0.570. The molecular weight excluding hydrogens is 239 g/mol. The number of hydrogen-bond donors (Lipinski definition) is 0. The largest absolute Gasteiger partial charge is 0.298 e. The van der Waals surface area contributed by atoms with E-state index in [0.717, 1.165) is 21.9 Å². The Kier molecular flexibility index (Phi) is 2.77. The van der Waals surface area contributed by atoms with Crippen LogP contribution in [0.15, 0.2) is 18.2 Å². The molecule has 1 nitrogen and oxygen atoms in total. The van der Waals surface area contributed by atoms with Crippen LogP contribution in [0.1, 0.15) is 15.9 Å². The van der Waals surface area contributed by atoms with E-state index in [9.17, 15) is 4.79 Å². The zero-order chi connectivity index (χ0) is 10.1. The molecule has 0 saturated carbocycles. The van der Waals surface area contributed by atoms with Crippen molar-refractivity contribution in [1.29, 1.82) is 0 Å². The number of halogens is 2. The summed E-state index contributed by atoms with van der Waals surface area (Å²) in [6.45, 7) is 0. The number of aldehydes is 1. The first-order valence-electron chi connectivity index (χ1n) is 3.98. The molecule has 0 bridgehead atoms. The van der Waals surface area contributed by atoms with Gasteiger partial charge in [0.25, 0.3) is 0 Å². The minimum Gasteiger partial charge on any atom is -0.298 e. The molecule has 14 heavy (non-hydrogen) atoms. The van der Waals surface area contributed by atoms with Gasteiger partial charge < -0.3 is 0 Å². The summed E-state index contributed by atoms with van der Waals surface area (Å²) < 4.78 is 1.55. The lowest BCUT2D eigenvalue weighted by Gasteiger charge is -1.94. The van der Waals surface area contributed by atoms with Crippen molar-refractivity contribution in [1.82, 2.24) is 0 Å². The van der Waals surface area contributed by atoms with Gasteiger partial charge in [-0.3, -0.25) is 4.79 Å². The zero-order valence-electron chi connectivity index (χ0n) is 7.09. The molecule has 0 aliphatic carbocycles. The van der Waals surface area contributed by atoms with Gasteiger partial charge in [0, 0.05) is 16.0 Å². The SMILES string of the molecule is O=Cc1c(Cl)sc2cc(CCl)ccc12. The number of alkyl halides is 1. The standard InChI is InChI=1S/C10H6Cl2OS/c11-4-6-1-2-7-8(5-13)10(12)14-9(7)3-6/h1-3,5H,4H2. The number of carbonyl (C=O) groups is 1. The first-order valence-corrected chi connectivity index (χ1v) is 5.71. The second kappa shape index (κ2) is 3.89. The average molecular weight is 245 g/mol. The van der Waals surface area contributed by atoms with Crippen molar-refractivity contribution in [3.63, 3.8) is 0 Å². The second-order valence-electron chi connectivity index (χ2n) is 2.87. The minimum absolute atomic E-state index is 0.474. The molecule has 0 unspecified atom stereocenters. The lowest BCUT2D eigenvalue weighted by molar-refractivity contribution is 0.112. The van der Waals surface area contributed by atoms with Crippen LogP contribution in [-0.4, -0.2) is 6.29 Å². The van der Waals surface area contributed by atoms with Gasteiger partial charge in [0.2, 0.25) is 0 Å². The maximum atomic E-state index is 10.8. The van der Waals surface area contributed by atoms with Crippen LogP contribution in [0.3, 0.4) is 0 Å². The number of thiophene rings is 1. The van der Waals surface area contributed by atoms with Crippen LogP contribution in [0.4, 0.5) is 0 Å². The molecule has 0 N–H and O–H groups in total. The van der Waals surface area contributed by atoms with Crippen molar-refractivity contribution >= 4 is 50.9 Å². The van der Waals surface area contributed by atoms with Crippen LogP contribution in [0.2, 0.25) is 4.34 Å². The third-order valence-electron chi connectivity index (χ3n) is 2.02. The van der Waals surface area contributed by atoms with Gasteiger partial charge in [0.05, 0.1) is 5.56 Å². The first-order chi connectivity index (χ1) is 6.76. The van der Waals surface area contributed by atoms with E-state index in [1.165, 1.54) is 11.3 Å². The Balaban J connectivity index is 2.74. The molecule has 1 aromatic carbocycles. The molecule has 0 saturated heterocycles. The van der Waals surface area contributed by atoms with Crippen molar-refractivity contribution in [2.75, 3.05) is 0 Å². The smallest absolute Gasteiger partial charge is 0.153 e. The van der Waals surface area contributed by atoms with Gasteiger partial charge >= 0.3 is 0 Å². The lowest BCUT2D eigenvalue weighted by Crippen LogP contribution is -1.78. The highest BCUT2D eigenvalue weighted by atomic mass is 35.5. The molecule has 0 amide bonds. The van der Waals surface area contributed by atoms with Gasteiger partial charge in [0.1, 0.15) is 4.34 Å². The van der Waals surface area contributed by atoms with E-state index in [-0.39, 0.29) is 0 Å². The van der Waals surface area contributed by atoms with Crippen LogP contribution in [0, 0.1) is 0 Å². The Labute approximate surface area is 95.3 Å². The zero-order valence-corrected chi connectivity index (χ0v) is 9.42. The fourth-order valence-corrected chi connectivity index (χ4v) is 2.85. The van der Waals surface area contributed by atoms with E-state index in [4.69, 9.17) is 23.2 Å². The fraction of sp³-hybridized carbons (Fsp3) is 0.100. The molecule has 72 valence electrons. The number of rotatable bonds is 2. The van der Waals surface area contributed by atoms with Crippen molar-refractivity contribution in [3.05, 3.63) is 33.7 Å². The van der Waals surface area contributed by atoms with Gasteiger partial charge in [-0.15, -0.1) is 22.9 Å². The van der Waals surface area contributed by atoms with Crippen LogP contribution in [0.5, 0.6) is 0 Å². The molecule has 1 aromatic heterocycles. The monoisotopic (exact) mass is 244 g/mol. The Morgan fingerprint density at radius 3 is 2.86 bits per heavy atom. The highest BCUT2D eigenvalue weighted by Gasteiger charge is 2.09. The summed E-state index contributed by atoms with van der Waals surface area (Å²) in [4.78, 5) is 10.8. The van der Waals surface area contributed by atoms with Crippen molar-refractivity contribution in [3.8, 4) is 0 Å². The number of fused-ring (bicyclic) bond motifs is 1. The molecule has 2 rings (SSSR count). The topological polar surface area (TPSA) is 17.1 Å². The molecule has 0 fully saturated rings. The maximum absolute atomic E-state index is 10.8. The predicted octanol–water partition coefficient (Wildman–Crippen LogP) is 4.11. The fourth-order valence-electron chi connectivity index (χ4n) is 1.32. The third-order valence-corrected chi connectivity index (χ3v) is 3.72. The lowest BCUT2D eigenvalue weighted by atomic mass is 10.1. The van der Waals surface area contributed by atoms with Crippen LogP contribution in [-0.2, 0) is 5.88 Å². The first kappa shape index (κ1) is 9.97. The molecule has 4 heteroatoms.